The molecule has 1 unspecified atom stereocenters. The van der Waals surface area contributed by atoms with Gasteiger partial charge in [-0.3, -0.25) is 4.79 Å². The molecular formula is C14H21ClN2O2. The van der Waals surface area contributed by atoms with E-state index in [1.54, 1.807) is 18.2 Å². The number of rotatable bonds is 7. The average molecular weight is 285 g/mol. The minimum absolute atomic E-state index is 0.186. The lowest BCUT2D eigenvalue weighted by Crippen LogP contribution is -2.35. The van der Waals surface area contributed by atoms with Crippen LogP contribution in [0.2, 0.25) is 5.02 Å². The minimum atomic E-state index is -0.481. The van der Waals surface area contributed by atoms with Crippen molar-refractivity contribution in [2.45, 2.75) is 39.2 Å². The van der Waals surface area contributed by atoms with Gasteiger partial charge in [0, 0.05) is 5.69 Å². The second-order valence-corrected chi connectivity index (χ2v) is 4.72. The molecule has 0 aliphatic carbocycles. The number of anilines is 1. The molecule has 19 heavy (non-hydrogen) atoms. The highest BCUT2D eigenvalue weighted by molar-refractivity contribution is 6.32. The lowest BCUT2D eigenvalue weighted by atomic mass is 10.1. The topological polar surface area (TPSA) is 64.4 Å². The number of hydrogen-bond acceptors (Lipinski definition) is 3. The first-order valence-electron chi connectivity index (χ1n) is 6.57. The van der Waals surface area contributed by atoms with Crippen molar-refractivity contribution < 1.29 is 9.53 Å². The third-order valence-corrected chi connectivity index (χ3v) is 3.00. The highest BCUT2D eigenvalue weighted by Crippen LogP contribution is 2.27. The van der Waals surface area contributed by atoms with Crippen LogP contribution < -0.4 is 15.8 Å². The first-order chi connectivity index (χ1) is 9.08. The number of unbranched alkanes of at least 4 members (excludes halogenated alkanes) is 1. The fourth-order valence-electron chi connectivity index (χ4n) is 1.64. The maximum atomic E-state index is 11.8. The lowest BCUT2D eigenvalue weighted by Gasteiger charge is -2.13. The zero-order valence-corrected chi connectivity index (χ0v) is 12.2. The van der Waals surface area contributed by atoms with E-state index < -0.39 is 6.04 Å². The molecule has 5 heteroatoms. The van der Waals surface area contributed by atoms with Gasteiger partial charge in [0.05, 0.1) is 17.7 Å². The molecule has 0 spiro atoms. The van der Waals surface area contributed by atoms with E-state index in [0.29, 0.717) is 29.5 Å². The van der Waals surface area contributed by atoms with Crippen molar-refractivity contribution in [2.75, 3.05) is 11.9 Å². The van der Waals surface area contributed by atoms with Gasteiger partial charge < -0.3 is 15.8 Å². The Balaban J connectivity index is 2.62. The van der Waals surface area contributed by atoms with Crippen molar-refractivity contribution in [3.05, 3.63) is 23.2 Å². The Labute approximate surface area is 119 Å². The van der Waals surface area contributed by atoms with Crippen molar-refractivity contribution in [3.8, 4) is 5.75 Å². The highest BCUT2D eigenvalue weighted by atomic mass is 35.5. The maximum Gasteiger partial charge on any atom is 0.241 e. The first-order valence-corrected chi connectivity index (χ1v) is 6.95. The number of carbonyl (C=O) groups is 1. The van der Waals surface area contributed by atoms with Gasteiger partial charge in [0.2, 0.25) is 5.91 Å². The normalized spacial score (nSPS) is 12.0. The molecule has 0 heterocycles. The molecule has 0 radical (unpaired) electrons. The summed E-state index contributed by atoms with van der Waals surface area (Å²) in [6.07, 6.45) is 2.65. The smallest absolute Gasteiger partial charge is 0.241 e. The van der Waals surface area contributed by atoms with Gasteiger partial charge >= 0.3 is 0 Å². The average Bonchev–Trinajstić information content (AvgIpc) is 2.39. The summed E-state index contributed by atoms with van der Waals surface area (Å²) in [6, 6.07) is 4.67. The van der Waals surface area contributed by atoms with Crippen LogP contribution in [0.3, 0.4) is 0 Å². The number of ether oxygens (including phenoxy) is 1. The van der Waals surface area contributed by atoms with Crippen molar-refractivity contribution in [1.29, 1.82) is 0 Å². The zero-order chi connectivity index (χ0) is 14.3. The van der Waals surface area contributed by atoms with Crippen LogP contribution in [-0.2, 0) is 4.79 Å². The van der Waals surface area contributed by atoms with Crippen molar-refractivity contribution in [1.82, 2.24) is 0 Å². The van der Waals surface area contributed by atoms with Crippen LogP contribution in [-0.4, -0.2) is 18.6 Å². The van der Waals surface area contributed by atoms with Crippen molar-refractivity contribution in [3.63, 3.8) is 0 Å². The molecule has 1 rings (SSSR count). The van der Waals surface area contributed by atoms with Gasteiger partial charge in [0.15, 0.2) is 0 Å². The van der Waals surface area contributed by atoms with Crippen LogP contribution >= 0.6 is 11.6 Å². The first kappa shape index (κ1) is 15.8. The second kappa shape index (κ2) is 8.02. The van der Waals surface area contributed by atoms with Crippen LogP contribution in [0.4, 0.5) is 5.69 Å². The maximum absolute atomic E-state index is 11.8. The van der Waals surface area contributed by atoms with E-state index in [1.807, 2.05) is 6.92 Å². The van der Waals surface area contributed by atoms with Crippen LogP contribution in [0.1, 0.15) is 33.1 Å². The largest absolute Gasteiger partial charge is 0.492 e. The van der Waals surface area contributed by atoms with Gasteiger partial charge in [0.25, 0.3) is 0 Å². The van der Waals surface area contributed by atoms with E-state index in [4.69, 9.17) is 22.1 Å². The fourth-order valence-corrected chi connectivity index (χ4v) is 1.88. The predicted octanol–water partition coefficient (Wildman–Crippen LogP) is 3.19. The monoisotopic (exact) mass is 284 g/mol. The number of hydrogen-bond donors (Lipinski definition) is 2. The molecule has 0 aliphatic heterocycles. The van der Waals surface area contributed by atoms with E-state index in [1.165, 1.54) is 0 Å². The van der Waals surface area contributed by atoms with Gasteiger partial charge in [-0.2, -0.15) is 0 Å². The van der Waals surface area contributed by atoms with E-state index in [9.17, 15) is 4.79 Å². The molecule has 1 amide bonds. The van der Waals surface area contributed by atoms with Crippen LogP contribution in [0.5, 0.6) is 5.75 Å². The van der Waals surface area contributed by atoms with Crippen LogP contribution in [0, 0.1) is 0 Å². The lowest BCUT2D eigenvalue weighted by molar-refractivity contribution is -0.117. The summed E-state index contributed by atoms with van der Waals surface area (Å²) in [7, 11) is 0. The molecule has 1 aromatic carbocycles. The molecule has 3 N–H and O–H groups in total. The van der Waals surface area contributed by atoms with Gasteiger partial charge in [-0.25, -0.2) is 0 Å². The number of nitrogens with one attached hydrogen (secondary N) is 1. The molecule has 0 saturated heterocycles. The van der Waals surface area contributed by atoms with Crippen molar-refractivity contribution >= 4 is 23.2 Å². The van der Waals surface area contributed by atoms with Gasteiger partial charge in [-0.15, -0.1) is 0 Å². The minimum Gasteiger partial charge on any atom is -0.492 e. The molecule has 1 atom stereocenters. The number of carbonyl (C=O) groups excluding carboxylic acids is 1. The molecule has 0 fully saturated rings. The molecule has 4 nitrogen and oxygen atoms in total. The Hall–Kier alpha value is -1.26. The van der Waals surface area contributed by atoms with Gasteiger partial charge in [0.1, 0.15) is 5.75 Å². The third-order valence-electron chi connectivity index (χ3n) is 2.70. The number of halogens is 1. The summed E-state index contributed by atoms with van der Waals surface area (Å²) >= 11 is 6.05. The second-order valence-electron chi connectivity index (χ2n) is 4.32. The van der Waals surface area contributed by atoms with Crippen LogP contribution in [0.15, 0.2) is 18.2 Å². The quantitative estimate of drug-likeness (QED) is 0.808. The third kappa shape index (κ3) is 5.09. The summed E-state index contributed by atoms with van der Waals surface area (Å²) in [5.41, 5.74) is 6.43. The van der Waals surface area contributed by atoms with Crippen molar-refractivity contribution in [2.24, 2.45) is 5.73 Å². The van der Waals surface area contributed by atoms with Gasteiger partial charge in [-0.05, 0) is 31.5 Å². The molecule has 0 saturated carbocycles. The number of nitrogens with two attached hydrogens (primary N) is 1. The van der Waals surface area contributed by atoms with E-state index >= 15 is 0 Å². The Morgan fingerprint density at radius 2 is 2.21 bits per heavy atom. The summed E-state index contributed by atoms with van der Waals surface area (Å²) in [6.45, 7) is 4.50. The van der Waals surface area contributed by atoms with E-state index in [-0.39, 0.29) is 5.91 Å². The molecule has 1 aromatic rings. The Morgan fingerprint density at radius 3 is 2.79 bits per heavy atom. The Morgan fingerprint density at radius 1 is 1.47 bits per heavy atom. The molecule has 0 aromatic heterocycles. The number of benzene rings is 1. The summed E-state index contributed by atoms with van der Waals surface area (Å²) in [5.74, 6) is 0.422. The molecule has 0 bridgehead atoms. The summed E-state index contributed by atoms with van der Waals surface area (Å²) in [5, 5.41) is 3.23. The molecular weight excluding hydrogens is 264 g/mol. The highest BCUT2D eigenvalue weighted by Gasteiger charge is 2.13. The Bertz CT molecular complexity index is 424. The SMILES string of the molecule is CCCCC(N)C(=O)Nc1ccc(OCC)c(Cl)c1. The summed E-state index contributed by atoms with van der Waals surface area (Å²) in [4.78, 5) is 11.8. The Kier molecular flexibility index (Phi) is 6.67. The fraction of sp³-hybridized carbons (Fsp3) is 0.500. The molecule has 106 valence electrons. The van der Waals surface area contributed by atoms with Crippen LogP contribution in [0.25, 0.3) is 0 Å². The van der Waals surface area contributed by atoms with Gasteiger partial charge in [-0.1, -0.05) is 31.4 Å². The van der Waals surface area contributed by atoms with E-state index in [2.05, 4.69) is 12.2 Å². The zero-order valence-electron chi connectivity index (χ0n) is 11.4. The molecule has 0 aliphatic rings. The predicted molar refractivity (Wildman–Crippen MR) is 78.8 cm³/mol. The summed E-state index contributed by atoms with van der Waals surface area (Å²) < 4.78 is 5.33. The standard InChI is InChI=1S/C14H21ClN2O2/c1-3-5-6-12(16)14(18)17-10-7-8-13(19-4-2)11(15)9-10/h7-9,12H,3-6,16H2,1-2H3,(H,17,18). The van der Waals surface area contributed by atoms with E-state index in [0.717, 1.165) is 12.8 Å². The number of amides is 1.